The number of rotatable bonds is 5. The van der Waals surface area contributed by atoms with Gasteiger partial charge in [0.1, 0.15) is 11.5 Å². The Bertz CT molecular complexity index is 1590. The number of ketones is 1. The van der Waals surface area contributed by atoms with Gasteiger partial charge in [-0.1, -0.05) is 54.6 Å². The first kappa shape index (κ1) is 22.7. The summed E-state index contributed by atoms with van der Waals surface area (Å²) < 4.78 is 16.6. The van der Waals surface area contributed by atoms with E-state index in [1.807, 2.05) is 55.5 Å². The molecule has 184 valence electrons. The highest BCUT2D eigenvalue weighted by molar-refractivity contribution is 6.51. The summed E-state index contributed by atoms with van der Waals surface area (Å²) in [6, 6.07) is 24.5. The standard InChI is InChI=1S/C30H23NO6/c1-2-35-21-10-5-9-19(15-21)27-26(28(32)23-12-6-8-18-7-3-4-11-22(18)23)29(33)30(34)31(27)20-13-14-24-25(16-20)37-17-36-24/h3-16,27,32H,2,17H2,1H3/b28-26-. The molecule has 1 N–H and O–H groups in total. The molecule has 2 heterocycles. The van der Waals surface area contributed by atoms with E-state index in [1.54, 1.807) is 36.4 Å². The summed E-state index contributed by atoms with van der Waals surface area (Å²) in [4.78, 5) is 28.5. The van der Waals surface area contributed by atoms with Crippen molar-refractivity contribution < 1.29 is 28.9 Å². The van der Waals surface area contributed by atoms with Gasteiger partial charge in [-0.15, -0.1) is 0 Å². The van der Waals surface area contributed by atoms with Gasteiger partial charge in [-0.05, 0) is 47.5 Å². The Morgan fingerprint density at radius 1 is 0.946 bits per heavy atom. The van der Waals surface area contributed by atoms with E-state index in [9.17, 15) is 14.7 Å². The number of hydrogen-bond acceptors (Lipinski definition) is 6. The first-order chi connectivity index (χ1) is 18.1. The minimum atomic E-state index is -0.889. The SMILES string of the molecule is CCOc1cccc(C2/C(=C(/O)c3cccc4ccccc34)C(=O)C(=O)N2c2ccc3c(c2)OCO3)c1. The second-order valence-electron chi connectivity index (χ2n) is 8.74. The number of benzene rings is 4. The van der Waals surface area contributed by atoms with Gasteiger partial charge in [0.05, 0.1) is 18.2 Å². The molecule has 7 nitrogen and oxygen atoms in total. The number of carbonyl (C=O) groups is 2. The molecule has 0 spiro atoms. The van der Waals surface area contributed by atoms with Crippen molar-refractivity contribution in [1.82, 2.24) is 0 Å². The molecular weight excluding hydrogens is 470 g/mol. The van der Waals surface area contributed by atoms with Crippen LogP contribution in [0.25, 0.3) is 16.5 Å². The molecule has 37 heavy (non-hydrogen) atoms. The Balaban J connectivity index is 1.58. The average molecular weight is 494 g/mol. The first-order valence-electron chi connectivity index (χ1n) is 12.0. The van der Waals surface area contributed by atoms with E-state index < -0.39 is 17.7 Å². The maximum Gasteiger partial charge on any atom is 0.300 e. The first-order valence-corrected chi connectivity index (χ1v) is 12.0. The summed E-state index contributed by atoms with van der Waals surface area (Å²) in [5.74, 6) is -0.102. The molecule has 0 bridgehead atoms. The number of amides is 1. The number of anilines is 1. The maximum atomic E-state index is 13.6. The Hall–Kier alpha value is -4.78. The third-order valence-electron chi connectivity index (χ3n) is 6.61. The Labute approximate surface area is 213 Å². The van der Waals surface area contributed by atoms with Gasteiger partial charge >= 0.3 is 0 Å². The predicted molar refractivity (Wildman–Crippen MR) is 139 cm³/mol. The van der Waals surface area contributed by atoms with Crippen molar-refractivity contribution >= 4 is 33.9 Å². The van der Waals surface area contributed by atoms with Gasteiger partial charge in [0.2, 0.25) is 6.79 Å². The fraction of sp³-hybridized carbons (Fsp3) is 0.133. The molecule has 6 rings (SSSR count). The summed E-state index contributed by atoms with van der Waals surface area (Å²) >= 11 is 0. The van der Waals surface area contributed by atoms with Gasteiger partial charge in [-0.25, -0.2) is 0 Å². The molecule has 1 saturated heterocycles. The van der Waals surface area contributed by atoms with Crippen molar-refractivity contribution in [3.63, 3.8) is 0 Å². The maximum absolute atomic E-state index is 13.6. The van der Waals surface area contributed by atoms with Crippen LogP contribution in [0.3, 0.4) is 0 Å². The zero-order chi connectivity index (χ0) is 25.5. The van der Waals surface area contributed by atoms with E-state index in [1.165, 1.54) is 4.90 Å². The lowest BCUT2D eigenvalue weighted by Crippen LogP contribution is -2.29. The van der Waals surface area contributed by atoms with E-state index in [4.69, 9.17) is 14.2 Å². The molecule has 0 saturated carbocycles. The fourth-order valence-corrected chi connectivity index (χ4v) is 4.97. The van der Waals surface area contributed by atoms with Gasteiger partial charge in [0.25, 0.3) is 11.7 Å². The zero-order valence-corrected chi connectivity index (χ0v) is 20.0. The minimum Gasteiger partial charge on any atom is -0.507 e. The molecule has 1 amide bonds. The summed E-state index contributed by atoms with van der Waals surface area (Å²) in [7, 11) is 0. The van der Waals surface area contributed by atoms with Crippen molar-refractivity contribution in [3.05, 3.63) is 102 Å². The minimum absolute atomic E-state index is 0.00710. The number of ether oxygens (including phenoxy) is 3. The lowest BCUT2D eigenvalue weighted by Gasteiger charge is -2.26. The molecule has 0 radical (unpaired) electrons. The van der Waals surface area contributed by atoms with Crippen LogP contribution in [0, 0.1) is 0 Å². The van der Waals surface area contributed by atoms with Gasteiger partial charge in [-0.2, -0.15) is 0 Å². The molecular formula is C30H23NO6. The van der Waals surface area contributed by atoms with Crippen LogP contribution in [0.15, 0.2) is 90.5 Å². The zero-order valence-electron chi connectivity index (χ0n) is 20.0. The van der Waals surface area contributed by atoms with Crippen molar-refractivity contribution in [2.45, 2.75) is 13.0 Å². The van der Waals surface area contributed by atoms with E-state index in [0.717, 1.165) is 10.8 Å². The van der Waals surface area contributed by atoms with Crippen LogP contribution in [0.2, 0.25) is 0 Å². The Morgan fingerprint density at radius 2 is 1.73 bits per heavy atom. The second-order valence-corrected chi connectivity index (χ2v) is 8.74. The van der Waals surface area contributed by atoms with Crippen molar-refractivity contribution in [2.75, 3.05) is 18.3 Å². The smallest absolute Gasteiger partial charge is 0.300 e. The molecule has 4 aromatic rings. The number of nitrogens with zero attached hydrogens (tertiary/aromatic N) is 1. The van der Waals surface area contributed by atoms with Crippen LogP contribution in [-0.2, 0) is 9.59 Å². The summed E-state index contributed by atoms with van der Waals surface area (Å²) in [6.07, 6.45) is 0. The second kappa shape index (κ2) is 9.02. The number of aliphatic hydroxyl groups excluding tert-OH is 1. The molecule has 2 aliphatic heterocycles. The van der Waals surface area contributed by atoms with Crippen LogP contribution in [-0.4, -0.2) is 30.2 Å². The van der Waals surface area contributed by atoms with Gasteiger partial charge in [0, 0.05) is 17.3 Å². The van der Waals surface area contributed by atoms with E-state index in [0.29, 0.717) is 40.7 Å². The molecule has 0 aliphatic carbocycles. The number of hydrogen-bond donors (Lipinski definition) is 1. The summed E-state index contributed by atoms with van der Waals surface area (Å²) in [5, 5.41) is 13.3. The Morgan fingerprint density at radius 3 is 2.59 bits per heavy atom. The lowest BCUT2D eigenvalue weighted by atomic mass is 9.93. The summed E-state index contributed by atoms with van der Waals surface area (Å²) in [5.41, 5.74) is 1.57. The van der Waals surface area contributed by atoms with Gasteiger partial charge < -0.3 is 19.3 Å². The molecule has 1 unspecified atom stereocenters. The van der Waals surface area contributed by atoms with Crippen LogP contribution >= 0.6 is 0 Å². The highest BCUT2D eigenvalue weighted by atomic mass is 16.7. The highest BCUT2D eigenvalue weighted by Gasteiger charge is 2.47. The van der Waals surface area contributed by atoms with E-state index in [2.05, 4.69) is 0 Å². The predicted octanol–water partition coefficient (Wildman–Crippen LogP) is 5.59. The van der Waals surface area contributed by atoms with E-state index >= 15 is 0 Å². The number of fused-ring (bicyclic) bond motifs is 2. The molecule has 1 fully saturated rings. The van der Waals surface area contributed by atoms with Crippen LogP contribution in [0.4, 0.5) is 5.69 Å². The highest BCUT2D eigenvalue weighted by Crippen LogP contribution is 2.45. The number of Topliss-reactive ketones (excluding diaryl/α,β-unsaturated/α-hetero) is 1. The monoisotopic (exact) mass is 493 g/mol. The van der Waals surface area contributed by atoms with Crippen LogP contribution in [0.5, 0.6) is 17.2 Å². The topological polar surface area (TPSA) is 85.3 Å². The Kier molecular flexibility index (Phi) is 5.53. The molecule has 2 aliphatic rings. The number of carbonyl (C=O) groups excluding carboxylic acids is 2. The van der Waals surface area contributed by atoms with E-state index in [-0.39, 0.29) is 18.1 Å². The van der Waals surface area contributed by atoms with Crippen molar-refractivity contribution in [3.8, 4) is 17.2 Å². The summed E-state index contributed by atoms with van der Waals surface area (Å²) in [6.45, 7) is 2.42. The quantitative estimate of drug-likeness (QED) is 0.222. The van der Waals surface area contributed by atoms with Crippen molar-refractivity contribution in [2.24, 2.45) is 0 Å². The fourth-order valence-electron chi connectivity index (χ4n) is 4.97. The number of aliphatic hydroxyl groups is 1. The lowest BCUT2D eigenvalue weighted by molar-refractivity contribution is -0.132. The normalized spacial score (nSPS) is 18.0. The molecule has 1 atom stereocenters. The third-order valence-corrected chi connectivity index (χ3v) is 6.61. The largest absolute Gasteiger partial charge is 0.507 e. The third kappa shape index (κ3) is 3.76. The van der Waals surface area contributed by atoms with Crippen LogP contribution < -0.4 is 19.1 Å². The molecule has 4 aromatic carbocycles. The molecule has 0 aromatic heterocycles. The molecule has 7 heteroatoms. The van der Waals surface area contributed by atoms with Crippen molar-refractivity contribution in [1.29, 1.82) is 0 Å². The van der Waals surface area contributed by atoms with Crippen LogP contribution in [0.1, 0.15) is 24.1 Å². The average Bonchev–Trinajstić information content (AvgIpc) is 3.50. The van der Waals surface area contributed by atoms with Gasteiger partial charge in [0.15, 0.2) is 11.5 Å². The van der Waals surface area contributed by atoms with Gasteiger partial charge in [-0.3, -0.25) is 14.5 Å².